The molecule has 0 saturated heterocycles. The van der Waals surface area contributed by atoms with E-state index in [0.717, 1.165) is 27.2 Å². The highest BCUT2D eigenvalue weighted by Crippen LogP contribution is 2.32. The lowest BCUT2D eigenvalue weighted by atomic mass is 10.4. The van der Waals surface area contributed by atoms with Gasteiger partial charge in [-0.05, 0) is 34.8 Å². The highest BCUT2D eigenvalue weighted by molar-refractivity contribution is 9.10. The van der Waals surface area contributed by atoms with Gasteiger partial charge in [-0.25, -0.2) is 4.98 Å². The molecule has 2 amide bonds. The highest BCUT2D eigenvalue weighted by Gasteiger charge is 2.29. The lowest BCUT2D eigenvalue weighted by Gasteiger charge is -2.04. The van der Waals surface area contributed by atoms with Gasteiger partial charge < -0.3 is 0 Å². The normalized spacial score (nSPS) is 14.1. The van der Waals surface area contributed by atoms with Crippen LogP contribution in [0.2, 0.25) is 0 Å². The summed E-state index contributed by atoms with van der Waals surface area (Å²) in [5.74, 6) is -0.460. The molecule has 2 heterocycles. The zero-order valence-electron chi connectivity index (χ0n) is 10.2. The first kappa shape index (κ1) is 13.7. The second kappa shape index (κ2) is 5.63. The van der Waals surface area contributed by atoms with Crippen molar-refractivity contribution in [2.24, 2.45) is 5.92 Å². The van der Waals surface area contributed by atoms with Gasteiger partial charge in [0.25, 0.3) is 5.91 Å². The minimum Gasteiger partial charge on any atom is -0.273 e. The lowest BCUT2D eigenvalue weighted by molar-refractivity contribution is -0.123. The number of amides is 2. The van der Waals surface area contributed by atoms with Crippen LogP contribution in [0.5, 0.6) is 0 Å². The van der Waals surface area contributed by atoms with E-state index in [-0.39, 0.29) is 11.8 Å². The van der Waals surface area contributed by atoms with Gasteiger partial charge in [-0.3, -0.25) is 20.4 Å². The molecule has 0 unspecified atom stereocenters. The molecule has 0 aromatic carbocycles. The Morgan fingerprint density at radius 1 is 1.25 bits per heavy atom. The predicted octanol–water partition coefficient (Wildman–Crippen LogP) is 2.81. The molecule has 0 bridgehead atoms. The molecule has 2 N–H and O–H groups in total. The van der Waals surface area contributed by atoms with E-state index in [1.807, 2.05) is 11.4 Å². The molecule has 0 spiro atoms. The van der Waals surface area contributed by atoms with E-state index in [4.69, 9.17) is 0 Å². The number of thiophene rings is 1. The largest absolute Gasteiger partial charge is 0.289 e. The van der Waals surface area contributed by atoms with Crippen LogP contribution in [0.4, 0.5) is 0 Å². The molecule has 3 rings (SSSR count). The van der Waals surface area contributed by atoms with E-state index in [0.29, 0.717) is 5.69 Å². The summed E-state index contributed by atoms with van der Waals surface area (Å²) >= 11 is 6.35. The van der Waals surface area contributed by atoms with Crippen LogP contribution in [0.15, 0.2) is 21.3 Å². The smallest absolute Gasteiger partial charge is 0.273 e. The van der Waals surface area contributed by atoms with Gasteiger partial charge in [0, 0.05) is 21.2 Å². The van der Waals surface area contributed by atoms with Gasteiger partial charge >= 0.3 is 0 Å². The molecule has 2 aromatic heterocycles. The fraction of sp³-hybridized carbons (Fsp3) is 0.250. The fourth-order valence-electron chi connectivity index (χ4n) is 1.55. The molecule has 1 fully saturated rings. The van der Waals surface area contributed by atoms with Crippen LogP contribution in [0.3, 0.4) is 0 Å². The van der Waals surface area contributed by atoms with Gasteiger partial charge in [0.05, 0.1) is 4.88 Å². The Morgan fingerprint density at radius 2 is 2.05 bits per heavy atom. The van der Waals surface area contributed by atoms with Crippen molar-refractivity contribution in [1.29, 1.82) is 0 Å². The van der Waals surface area contributed by atoms with Crippen LogP contribution < -0.4 is 10.9 Å². The molecular weight excluding hydrogens is 362 g/mol. The van der Waals surface area contributed by atoms with Crippen LogP contribution >= 0.6 is 38.6 Å². The second-order valence-electron chi connectivity index (χ2n) is 4.38. The Balaban J connectivity index is 1.63. The summed E-state index contributed by atoms with van der Waals surface area (Å²) in [6.07, 6.45) is 1.80. The summed E-state index contributed by atoms with van der Waals surface area (Å²) in [7, 11) is 0. The second-order valence-corrected chi connectivity index (χ2v) is 7.07. The van der Waals surface area contributed by atoms with Crippen LogP contribution in [-0.2, 0) is 4.79 Å². The summed E-state index contributed by atoms with van der Waals surface area (Å²) in [5.41, 5.74) is 5.12. The molecule has 0 atom stereocenters. The molecule has 104 valence electrons. The first-order chi connectivity index (χ1) is 9.63. The van der Waals surface area contributed by atoms with Crippen molar-refractivity contribution in [1.82, 2.24) is 15.8 Å². The zero-order valence-corrected chi connectivity index (χ0v) is 13.4. The minimum absolute atomic E-state index is 0.0600. The van der Waals surface area contributed by atoms with Crippen LogP contribution in [0.1, 0.15) is 23.3 Å². The van der Waals surface area contributed by atoms with Crippen LogP contribution in [0.25, 0.3) is 9.88 Å². The molecule has 1 aliphatic rings. The quantitative estimate of drug-likeness (QED) is 0.814. The summed E-state index contributed by atoms with van der Waals surface area (Å²) in [6, 6.07) is 1.96. The van der Waals surface area contributed by atoms with Crippen molar-refractivity contribution < 1.29 is 9.59 Å². The van der Waals surface area contributed by atoms with Gasteiger partial charge in [0.1, 0.15) is 10.7 Å². The molecule has 0 radical (unpaired) electrons. The van der Waals surface area contributed by atoms with Crippen molar-refractivity contribution in [3.05, 3.63) is 27.0 Å². The topological polar surface area (TPSA) is 71.1 Å². The molecule has 1 saturated carbocycles. The molecule has 0 aliphatic heterocycles. The van der Waals surface area contributed by atoms with Crippen molar-refractivity contribution >= 4 is 50.4 Å². The average molecular weight is 372 g/mol. The van der Waals surface area contributed by atoms with E-state index in [2.05, 4.69) is 31.8 Å². The number of hydrogen-bond acceptors (Lipinski definition) is 5. The van der Waals surface area contributed by atoms with E-state index in [9.17, 15) is 9.59 Å². The first-order valence-electron chi connectivity index (χ1n) is 5.93. The highest BCUT2D eigenvalue weighted by atomic mass is 79.9. The molecular formula is C12H10BrN3O2S2. The summed E-state index contributed by atoms with van der Waals surface area (Å²) in [6.45, 7) is 0. The van der Waals surface area contributed by atoms with Crippen LogP contribution in [0, 0.1) is 5.92 Å². The Bertz CT molecular complexity index is 663. The van der Waals surface area contributed by atoms with E-state index >= 15 is 0 Å². The first-order valence-corrected chi connectivity index (χ1v) is 8.49. The molecule has 1 aliphatic carbocycles. The third kappa shape index (κ3) is 3.08. The van der Waals surface area contributed by atoms with Gasteiger partial charge in [-0.15, -0.1) is 22.7 Å². The number of carbonyl (C=O) groups excluding carboxylic acids is 2. The lowest BCUT2D eigenvalue weighted by Crippen LogP contribution is -2.42. The van der Waals surface area contributed by atoms with Crippen molar-refractivity contribution in [2.45, 2.75) is 12.8 Å². The standard InChI is InChI=1S/C12H10BrN3O2S2/c13-7-3-9(19-4-7)12-14-8(5-20-12)11(18)16-15-10(17)6-1-2-6/h3-6H,1-2H2,(H,15,17)(H,16,18). The third-order valence-corrected chi connectivity index (χ3v) is 5.47. The molecule has 8 heteroatoms. The number of nitrogens with one attached hydrogen (secondary N) is 2. The number of halogens is 1. The van der Waals surface area contributed by atoms with Gasteiger partial charge in [-0.1, -0.05) is 0 Å². The SMILES string of the molecule is O=C(NNC(=O)C1CC1)c1csc(-c2cc(Br)cs2)n1. The van der Waals surface area contributed by atoms with E-state index < -0.39 is 5.91 Å². The Kier molecular flexibility index (Phi) is 3.86. The van der Waals surface area contributed by atoms with Crippen LogP contribution in [-0.4, -0.2) is 16.8 Å². The summed E-state index contributed by atoms with van der Waals surface area (Å²) < 4.78 is 0.996. The maximum atomic E-state index is 11.9. The predicted molar refractivity (Wildman–Crippen MR) is 81.5 cm³/mol. The summed E-state index contributed by atoms with van der Waals surface area (Å²) in [4.78, 5) is 28.6. The number of nitrogens with zero attached hydrogens (tertiary/aromatic N) is 1. The van der Waals surface area contributed by atoms with Crippen molar-refractivity contribution in [2.75, 3.05) is 0 Å². The number of hydrazine groups is 1. The monoisotopic (exact) mass is 371 g/mol. The Hall–Kier alpha value is -1.25. The molecule has 5 nitrogen and oxygen atoms in total. The fourth-order valence-corrected chi connectivity index (χ4v) is 3.85. The van der Waals surface area contributed by atoms with Gasteiger partial charge in [-0.2, -0.15) is 0 Å². The molecule has 2 aromatic rings. The maximum absolute atomic E-state index is 11.9. The average Bonchev–Trinajstić information content (AvgIpc) is 3.01. The van der Waals surface area contributed by atoms with Crippen molar-refractivity contribution in [3.8, 4) is 9.88 Å². The van der Waals surface area contributed by atoms with Crippen molar-refractivity contribution in [3.63, 3.8) is 0 Å². The Morgan fingerprint density at radius 3 is 2.70 bits per heavy atom. The maximum Gasteiger partial charge on any atom is 0.289 e. The number of thiazole rings is 1. The third-order valence-electron chi connectivity index (χ3n) is 2.76. The summed E-state index contributed by atoms with van der Waals surface area (Å²) in [5, 5.41) is 4.44. The van der Waals surface area contributed by atoms with E-state index in [1.165, 1.54) is 11.3 Å². The van der Waals surface area contributed by atoms with Gasteiger partial charge in [0.15, 0.2) is 0 Å². The minimum atomic E-state index is -0.392. The Labute approximate surface area is 131 Å². The number of carbonyl (C=O) groups is 2. The number of rotatable bonds is 3. The van der Waals surface area contributed by atoms with Gasteiger partial charge in [0.2, 0.25) is 5.91 Å². The molecule has 20 heavy (non-hydrogen) atoms. The number of aromatic nitrogens is 1. The zero-order chi connectivity index (χ0) is 14.1. The number of hydrogen-bond donors (Lipinski definition) is 2. The van der Waals surface area contributed by atoms with E-state index in [1.54, 1.807) is 16.7 Å².